The fraction of sp³-hybridized carbons (Fsp3) is 0.400. The van der Waals surface area contributed by atoms with Gasteiger partial charge in [-0.15, -0.1) is 0 Å². The molecule has 1 heterocycles. The molecule has 1 aromatic rings. The van der Waals surface area contributed by atoms with Gasteiger partial charge in [-0.2, -0.15) is 0 Å². The predicted octanol–water partition coefficient (Wildman–Crippen LogP) is 2.12. The highest BCUT2D eigenvalue weighted by Gasteiger charge is 1.97. The number of carbonyl (C=O) groups excluding carboxylic acids is 1. The third kappa shape index (κ3) is 2.86. The molecule has 0 amide bonds. The van der Waals surface area contributed by atoms with Gasteiger partial charge in [0.1, 0.15) is 0 Å². The largest absolute Gasteiger partial charge is 0.345 e. The van der Waals surface area contributed by atoms with Crippen LogP contribution in [0.2, 0.25) is 0 Å². The third-order valence-corrected chi connectivity index (χ3v) is 1.98. The Morgan fingerprint density at radius 3 is 3.00 bits per heavy atom. The number of hydrogen-bond acceptors (Lipinski definition) is 2. The number of aldehydes is 1. The molecular formula is C10H14N2O. The van der Waals surface area contributed by atoms with Gasteiger partial charge in [-0.3, -0.25) is 4.79 Å². The van der Waals surface area contributed by atoms with Crippen LogP contribution in [-0.4, -0.2) is 17.1 Å². The van der Waals surface area contributed by atoms with Crippen LogP contribution in [0.5, 0.6) is 0 Å². The summed E-state index contributed by atoms with van der Waals surface area (Å²) in [7, 11) is 0. The summed E-state index contributed by atoms with van der Waals surface area (Å²) in [6.45, 7) is 0.870. The molecule has 1 aromatic heterocycles. The fourth-order valence-corrected chi connectivity index (χ4v) is 1.27. The van der Waals surface area contributed by atoms with Crippen LogP contribution in [0.4, 0.5) is 0 Å². The molecule has 0 aliphatic rings. The van der Waals surface area contributed by atoms with E-state index in [2.05, 4.69) is 0 Å². The number of unbranched alkanes of at least 4 members (excludes halogenated alkanes) is 2. The highest BCUT2D eigenvalue weighted by Crippen LogP contribution is 2.03. The Balaban J connectivity index is 2.35. The molecule has 13 heavy (non-hydrogen) atoms. The summed E-state index contributed by atoms with van der Waals surface area (Å²) in [5, 5.41) is 6.85. The Kier molecular flexibility index (Phi) is 3.96. The number of nitrogens with zero attached hydrogens (tertiary/aromatic N) is 1. The molecule has 0 spiro atoms. The lowest BCUT2D eigenvalue weighted by Gasteiger charge is -2.03. The number of aromatic nitrogens is 1. The minimum atomic E-state index is 0.731. The fourth-order valence-electron chi connectivity index (χ4n) is 1.27. The minimum Gasteiger partial charge on any atom is -0.345 e. The van der Waals surface area contributed by atoms with E-state index in [-0.39, 0.29) is 0 Å². The maximum absolute atomic E-state index is 10.5. The van der Waals surface area contributed by atoms with E-state index in [0.717, 1.165) is 37.8 Å². The van der Waals surface area contributed by atoms with Crippen LogP contribution in [0, 0.1) is 5.41 Å². The monoisotopic (exact) mass is 178 g/mol. The third-order valence-electron chi connectivity index (χ3n) is 1.98. The van der Waals surface area contributed by atoms with Gasteiger partial charge in [0.05, 0.1) is 5.69 Å². The second-order valence-electron chi connectivity index (χ2n) is 2.94. The second-order valence-corrected chi connectivity index (χ2v) is 2.94. The first-order valence-corrected chi connectivity index (χ1v) is 4.47. The van der Waals surface area contributed by atoms with Crippen LogP contribution >= 0.6 is 0 Å². The number of nitrogens with one attached hydrogen (secondary N) is 1. The molecule has 0 unspecified atom stereocenters. The Bertz CT molecular complexity index is 278. The molecule has 0 aromatic carbocycles. The summed E-state index contributed by atoms with van der Waals surface area (Å²) in [6.07, 6.45) is 7.07. The van der Waals surface area contributed by atoms with E-state index in [1.54, 1.807) is 0 Å². The van der Waals surface area contributed by atoms with Gasteiger partial charge >= 0.3 is 0 Å². The number of aryl methyl sites for hydroxylation is 1. The first-order chi connectivity index (χ1) is 6.38. The normalized spacial score (nSPS) is 9.85. The van der Waals surface area contributed by atoms with E-state index < -0.39 is 0 Å². The van der Waals surface area contributed by atoms with Gasteiger partial charge < -0.3 is 9.98 Å². The maximum Gasteiger partial charge on any atom is 0.166 e. The van der Waals surface area contributed by atoms with Gasteiger partial charge in [-0.05, 0) is 37.6 Å². The number of rotatable bonds is 6. The van der Waals surface area contributed by atoms with E-state index in [1.807, 2.05) is 22.9 Å². The van der Waals surface area contributed by atoms with Crippen molar-refractivity contribution in [1.82, 2.24) is 4.57 Å². The van der Waals surface area contributed by atoms with E-state index in [9.17, 15) is 4.79 Å². The van der Waals surface area contributed by atoms with Crippen molar-refractivity contribution in [3.8, 4) is 0 Å². The zero-order valence-corrected chi connectivity index (χ0v) is 7.57. The van der Waals surface area contributed by atoms with Crippen molar-refractivity contribution >= 4 is 12.5 Å². The summed E-state index contributed by atoms with van der Waals surface area (Å²) in [5.74, 6) is 0. The van der Waals surface area contributed by atoms with Gasteiger partial charge in [0, 0.05) is 12.7 Å². The van der Waals surface area contributed by atoms with Crippen molar-refractivity contribution in [2.24, 2.45) is 0 Å². The zero-order valence-electron chi connectivity index (χ0n) is 7.57. The molecule has 0 saturated heterocycles. The van der Waals surface area contributed by atoms with Crippen LogP contribution in [0.25, 0.3) is 0 Å². The van der Waals surface area contributed by atoms with E-state index >= 15 is 0 Å². The van der Waals surface area contributed by atoms with Crippen molar-refractivity contribution in [3.05, 3.63) is 24.0 Å². The maximum atomic E-state index is 10.5. The van der Waals surface area contributed by atoms with E-state index in [0.29, 0.717) is 0 Å². The SMILES string of the molecule is N=CCCCCn1cccc1C=O. The summed E-state index contributed by atoms with van der Waals surface area (Å²) >= 11 is 0. The summed E-state index contributed by atoms with van der Waals surface area (Å²) in [5.41, 5.74) is 0.731. The first-order valence-electron chi connectivity index (χ1n) is 4.47. The smallest absolute Gasteiger partial charge is 0.166 e. The van der Waals surface area contributed by atoms with Gasteiger partial charge in [0.15, 0.2) is 6.29 Å². The van der Waals surface area contributed by atoms with Crippen molar-refractivity contribution in [3.63, 3.8) is 0 Å². The predicted molar refractivity (Wildman–Crippen MR) is 52.5 cm³/mol. The molecule has 3 heteroatoms. The highest BCUT2D eigenvalue weighted by atomic mass is 16.1. The lowest BCUT2D eigenvalue weighted by Crippen LogP contribution is -2.00. The lowest BCUT2D eigenvalue weighted by atomic mass is 10.2. The average molecular weight is 178 g/mol. The van der Waals surface area contributed by atoms with E-state index in [1.165, 1.54) is 6.21 Å². The van der Waals surface area contributed by atoms with Gasteiger partial charge in [0.2, 0.25) is 0 Å². The topological polar surface area (TPSA) is 45.9 Å². The zero-order chi connectivity index (χ0) is 9.52. The first kappa shape index (κ1) is 9.71. The molecule has 0 atom stereocenters. The quantitative estimate of drug-likeness (QED) is 0.405. The second kappa shape index (κ2) is 5.30. The summed E-state index contributed by atoms with van der Waals surface area (Å²) < 4.78 is 1.94. The van der Waals surface area contributed by atoms with Crippen LogP contribution in [0.1, 0.15) is 29.8 Å². The standard InChI is InChI=1S/C10H14N2O/c11-6-2-1-3-7-12-8-4-5-10(12)9-13/h4-6,8-9,11H,1-3,7H2. The molecule has 0 aliphatic carbocycles. The minimum absolute atomic E-state index is 0.731. The molecule has 1 rings (SSSR count). The average Bonchev–Trinajstić information content (AvgIpc) is 2.60. The molecule has 70 valence electrons. The summed E-state index contributed by atoms with van der Waals surface area (Å²) in [4.78, 5) is 10.5. The molecule has 0 radical (unpaired) electrons. The Hall–Kier alpha value is -1.38. The molecule has 0 aliphatic heterocycles. The van der Waals surface area contributed by atoms with Gasteiger partial charge in [-0.1, -0.05) is 0 Å². The van der Waals surface area contributed by atoms with Crippen LogP contribution in [-0.2, 0) is 6.54 Å². The Morgan fingerprint density at radius 2 is 2.31 bits per heavy atom. The van der Waals surface area contributed by atoms with Crippen molar-refractivity contribution in [1.29, 1.82) is 5.41 Å². The van der Waals surface area contributed by atoms with Gasteiger partial charge in [0.25, 0.3) is 0 Å². The molecule has 0 bridgehead atoms. The molecule has 0 saturated carbocycles. The summed E-state index contributed by atoms with van der Waals surface area (Å²) in [6, 6.07) is 3.68. The molecule has 3 nitrogen and oxygen atoms in total. The van der Waals surface area contributed by atoms with E-state index in [4.69, 9.17) is 5.41 Å². The van der Waals surface area contributed by atoms with Crippen molar-refractivity contribution < 1.29 is 4.79 Å². The highest BCUT2D eigenvalue weighted by molar-refractivity contribution is 5.72. The number of carbonyl (C=O) groups is 1. The lowest BCUT2D eigenvalue weighted by molar-refractivity contribution is 0.111. The number of hydrogen-bond donors (Lipinski definition) is 1. The molecular weight excluding hydrogens is 164 g/mol. The van der Waals surface area contributed by atoms with Crippen LogP contribution < -0.4 is 0 Å². The van der Waals surface area contributed by atoms with Crippen molar-refractivity contribution in [2.45, 2.75) is 25.8 Å². The Morgan fingerprint density at radius 1 is 1.46 bits per heavy atom. The van der Waals surface area contributed by atoms with Crippen LogP contribution in [0.15, 0.2) is 18.3 Å². The van der Waals surface area contributed by atoms with Gasteiger partial charge in [-0.25, -0.2) is 0 Å². The Labute approximate surface area is 77.9 Å². The molecule has 0 fully saturated rings. The molecule has 1 N–H and O–H groups in total. The van der Waals surface area contributed by atoms with Crippen LogP contribution in [0.3, 0.4) is 0 Å². The van der Waals surface area contributed by atoms with Crippen molar-refractivity contribution in [2.75, 3.05) is 0 Å².